The van der Waals surface area contributed by atoms with E-state index in [1.165, 1.54) is 7.11 Å². The van der Waals surface area contributed by atoms with E-state index in [0.29, 0.717) is 36.1 Å². The van der Waals surface area contributed by atoms with Crippen molar-refractivity contribution in [2.45, 2.75) is 13.2 Å². The molecule has 1 aliphatic rings. The highest BCUT2D eigenvalue weighted by Crippen LogP contribution is 2.40. The van der Waals surface area contributed by atoms with Crippen molar-refractivity contribution < 1.29 is 23.7 Å². The van der Waals surface area contributed by atoms with Crippen LogP contribution in [0.5, 0.6) is 17.2 Å². The van der Waals surface area contributed by atoms with Gasteiger partial charge in [0.15, 0.2) is 11.5 Å². The molecular weight excluding hydrogens is 316 g/mol. The van der Waals surface area contributed by atoms with Crippen LogP contribution in [0.25, 0.3) is 0 Å². The predicted molar refractivity (Wildman–Crippen MR) is 84.3 cm³/mol. The van der Waals surface area contributed by atoms with Crippen LogP contribution < -0.4 is 24.8 Å². The molecule has 9 nitrogen and oxygen atoms in total. The van der Waals surface area contributed by atoms with Crippen molar-refractivity contribution in [3.8, 4) is 17.2 Å². The fourth-order valence-electron chi connectivity index (χ4n) is 2.25. The number of H-pyrrole nitrogens is 1. The summed E-state index contributed by atoms with van der Waals surface area (Å²) in [6, 6.07) is 4.78. The van der Waals surface area contributed by atoms with Crippen LogP contribution in [0.15, 0.2) is 18.2 Å². The number of carbonyl (C=O) groups is 1. The van der Waals surface area contributed by atoms with Crippen molar-refractivity contribution in [1.82, 2.24) is 15.5 Å². The number of hydrogen-bond donors (Lipinski definition) is 3. The molecule has 0 unspecified atom stereocenters. The minimum atomic E-state index is -0.380. The fraction of sp³-hybridized carbons (Fsp3) is 0.333. The molecule has 0 atom stereocenters. The molecule has 3 rings (SSSR count). The lowest BCUT2D eigenvalue weighted by Crippen LogP contribution is -2.28. The summed E-state index contributed by atoms with van der Waals surface area (Å²) in [5.74, 6) is 1.63. The van der Waals surface area contributed by atoms with E-state index in [1.807, 2.05) is 6.07 Å². The van der Waals surface area contributed by atoms with Crippen LogP contribution >= 0.6 is 0 Å². The van der Waals surface area contributed by atoms with Gasteiger partial charge in [0.1, 0.15) is 5.75 Å². The highest BCUT2D eigenvalue weighted by molar-refractivity contribution is 5.91. The molecule has 128 valence electrons. The standard InChI is InChI=1S/C15H18N4O5/c1-21-7-10-3-9(18-19-10)6-16-15(20)17-11-4-13-14(24-8-23-13)5-12(11)22-2/h3-5H,6-8H2,1-2H3,(H,18,19)(H2,16,17,20). The maximum absolute atomic E-state index is 12.1. The van der Waals surface area contributed by atoms with Gasteiger partial charge in [-0.3, -0.25) is 5.10 Å². The molecule has 0 bridgehead atoms. The second-order valence-corrected chi connectivity index (χ2v) is 5.03. The Morgan fingerprint density at radius 3 is 2.83 bits per heavy atom. The van der Waals surface area contributed by atoms with Crippen molar-refractivity contribution >= 4 is 11.7 Å². The summed E-state index contributed by atoms with van der Waals surface area (Å²) in [5.41, 5.74) is 2.03. The number of carbonyl (C=O) groups excluding carboxylic acids is 1. The lowest BCUT2D eigenvalue weighted by molar-refractivity contribution is 0.174. The minimum Gasteiger partial charge on any atom is -0.494 e. The molecule has 0 saturated carbocycles. The number of ether oxygens (including phenoxy) is 4. The number of fused-ring (bicyclic) bond motifs is 1. The molecule has 0 radical (unpaired) electrons. The Kier molecular flexibility index (Phi) is 4.71. The lowest BCUT2D eigenvalue weighted by atomic mass is 10.2. The zero-order chi connectivity index (χ0) is 16.9. The van der Waals surface area contributed by atoms with Gasteiger partial charge in [0, 0.05) is 19.2 Å². The molecule has 3 N–H and O–H groups in total. The van der Waals surface area contributed by atoms with Crippen LogP contribution in [0.3, 0.4) is 0 Å². The number of anilines is 1. The average Bonchev–Trinajstić information content (AvgIpc) is 3.21. The molecule has 2 aromatic rings. The number of nitrogens with zero attached hydrogens (tertiary/aromatic N) is 1. The number of nitrogens with one attached hydrogen (secondary N) is 3. The molecule has 1 aliphatic heterocycles. The second-order valence-electron chi connectivity index (χ2n) is 5.03. The number of aromatic amines is 1. The Bertz CT molecular complexity index is 731. The van der Waals surface area contributed by atoms with Gasteiger partial charge < -0.3 is 29.6 Å². The Hall–Kier alpha value is -2.94. The smallest absolute Gasteiger partial charge is 0.319 e. The van der Waals surface area contributed by atoms with Crippen LogP contribution in [0, 0.1) is 0 Å². The van der Waals surface area contributed by atoms with E-state index in [2.05, 4.69) is 20.8 Å². The molecule has 2 heterocycles. The molecule has 0 spiro atoms. The molecule has 1 aromatic heterocycles. The Morgan fingerprint density at radius 1 is 1.29 bits per heavy atom. The zero-order valence-electron chi connectivity index (χ0n) is 13.3. The van der Waals surface area contributed by atoms with Crippen LogP contribution in [-0.4, -0.2) is 37.2 Å². The SMILES string of the molecule is COCc1cc(CNC(=O)Nc2cc3c(cc2OC)OCO3)[nH]n1. The van der Waals surface area contributed by atoms with Crippen LogP contribution in [-0.2, 0) is 17.9 Å². The summed E-state index contributed by atoms with van der Waals surface area (Å²) >= 11 is 0. The zero-order valence-corrected chi connectivity index (χ0v) is 13.3. The van der Waals surface area contributed by atoms with E-state index in [1.54, 1.807) is 19.2 Å². The van der Waals surface area contributed by atoms with E-state index >= 15 is 0 Å². The third-order valence-corrected chi connectivity index (χ3v) is 3.36. The summed E-state index contributed by atoms with van der Waals surface area (Å²) in [6.07, 6.45) is 0. The monoisotopic (exact) mass is 334 g/mol. The highest BCUT2D eigenvalue weighted by atomic mass is 16.7. The Labute approximate surface area is 138 Å². The summed E-state index contributed by atoms with van der Waals surface area (Å²) in [4.78, 5) is 12.1. The van der Waals surface area contributed by atoms with Gasteiger partial charge >= 0.3 is 6.03 Å². The van der Waals surface area contributed by atoms with Gasteiger partial charge in [0.25, 0.3) is 0 Å². The maximum Gasteiger partial charge on any atom is 0.319 e. The first kappa shape index (κ1) is 15.9. The number of amides is 2. The number of benzene rings is 1. The van der Waals surface area contributed by atoms with E-state index in [-0.39, 0.29) is 12.8 Å². The van der Waals surface area contributed by atoms with Crippen molar-refractivity contribution in [1.29, 1.82) is 0 Å². The Balaban J connectivity index is 1.60. The largest absolute Gasteiger partial charge is 0.494 e. The van der Waals surface area contributed by atoms with Crippen molar-refractivity contribution in [3.05, 3.63) is 29.6 Å². The number of rotatable bonds is 6. The van der Waals surface area contributed by atoms with E-state index in [0.717, 1.165) is 11.4 Å². The maximum atomic E-state index is 12.1. The molecular formula is C15H18N4O5. The van der Waals surface area contributed by atoms with Crippen molar-refractivity contribution in [3.63, 3.8) is 0 Å². The van der Waals surface area contributed by atoms with Crippen LogP contribution in [0.4, 0.5) is 10.5 Å². The van der Waals surface area contributed by atoms with Gasteiger partial charge in [0.05, 0.1) is 37.3 Å². The molecule has 1 aromatic carbocycles. The van der Waals surface area contributed by atoms with Gasteiger partial charge in [-0.15, -0.1) is 0 Å². The normalized spacial score (nSPS) is 12.1. The molecule has 0 saturated heterocycles. The first-order valence-corrected chi connectivity index (χ1v) is 7.24. The average molecular weight is 334 g/mol. The number of aromatic nitrogens is 2. The van der Waals surface area contributed by atoms with E-state index in [4.69, 9.17) is 18.9 Å². The topological polar surface area (TPSA) is 107 Å². The first-order valence-electron chi connectivity index (χ1n) is 7.24. The van der Waals surface area contributed by atoms with Gasteiger partial charge in [0.2, 0.25) is 6.79 Å². The van der Waals surface area contributed by atoms with Crippen LogP contribution in [0.1, 0.15) is 11.4 Å². The summed E-state index contributed by atoms with van der Waals surface area (Å²) < 4.78 is 20.8. The molecule has 2 amide bonds. The van der Waals surface area contributed by atoms with Gasteiger partial charge in [-0.05, 0) is 6.07 Å². The van der Waals surface area contributed by atoms with Gasteiger partial charge in [-0.2, -0.15) is 5.10 Å². The van der Waals surface area contributed by atoms with Crippen molar-refractivity contribution in [2.24, 2.45) is 0 Å². The third kappa shape index (κ3) is 3.51. The summed E-state index contributed by atoms with van der Waals surface area (Å²) in [5, 5.41) is 12.4. The number of hydrogen-bond acceptors (Lipinski definition) is 6. The molecule has 9 heteroatoms. The van der Waals surface area contributed by atoms with E-state index in [9.17, 15) is 4.79 Å². The van der Waals surface area contributed by atoms with Crippen molar-refractivity contribution in [2.75, 3.05) is 26.3 Å². The highest BCUT2D eigenvalue weighted by Gasteiger charge is 2.19. The molecule has 0 aliphatic carbocycles. The van der Waals surface area contributed by atoms with Gasteiger partial charge in [-0.1, -0.05) is 0 Å². The lowest BCUT2D eigenvalue weighted by Gasteiger charge is -2.11. The first-order chi connectivity index (χ1) is 11.7. The quantitative estimate of drug-likeness (QED) is 0.741. The second kappa shape index (κ2) is 7.09. The van der Waals surface area contributed by atoms with Crippen LogP contribution in [0.2, 0.25) is 0 Å². The summed E-state index contributed by atoms with van der Waals surface area (Å²) in [7, 11) is 3.11. The number of methoxy groups -OCH3 is 2. The number of urea groups is 1. The fourth-order valence-corrected chi connectivity index (χ4v) is 2.25. The summed E-state index contributed by atoms with van der Waals surface area (Å²) in [6.45, 7) is 0.865. The Morgan fingerprint density at radius 2 is 2.08 bits per heavy atom. The third-order valence-electron chi connectivity index (χ3n) is 3.36. The van der Waals surface area contributed by atoms with Gasteiger partial charge in [-0.25, -0.2) is 4.79 Å². The minimum absolute atomic E-state index is 0.151. The predicted octanol–water partition coefficient (Wildman–Crippen LogP) is 1.62. The molecule has 0 fully saturated rings. The molecule has 24 heavy (non-hydrogen) atoms. The van der Waals surface area contributed by atoms with E-state index < -0.39 is 0 Å².